The second-order valence-corrected chi connectivity index (χ2v) is 9.10. The largest absolute Gasteiger partial charge is 0.416 e. The van der Waals surface area contributed by atoms with Crippen LogP contribution in [0.15, 0.2) is 24.3 Å². The van der Waals surface area contributed by atoms with E-state index in [1.807, 2.05) is 6.07 Å². The average Bonchev–Trinajstić information content (AvgIpc) is 3.54. The van der Waals surface area contributed by atoms with Crippen molar-refractivity contribution in [3.8, 4) is 11.4 Å². The lowest BCUT2D eigenvalue weighted by Gasteiger charge is -2.22. The molecule has 198 valence electrons. The van der Waals surface area contributed by atoms with Crippen molar-refractivity contribution in [2.75, 3.05) is 23.3 Å². The van der Waals surface area contributed by atoms with Gasteiger partial charge in [-0.05, 0) is 54.8 Å². The van der Waals surface area contributed by atoms with Crippen molar-refractivity contribution in [1.82, 2.24) is 35.2 Å². The molecule has 5 rings (SSSR count). The Labute approximate surface area is 214 Å². The molecule has 0 saturated carbocycles. The highest BCUT2D eigenvalue weighted by Crippen LogP contribution is 2.37. The molecule has 1 aliphatic heterocycles. The zero-order valence-corrected chi connectivity index (χ0v) is 20.7. The van der Waals surface area contributed by atoms with Crippen LogP contribution in [0.3, 0.4) is 0 Å². The van der Waals surface area contributed by atoms with Gasteiger partial charge >= 0.3 is 6.18 Å². The Morgan fingerprint density at radius 3 is 2.47 bits per heavy atom. The van der Waals surface area contributed by atoms with Gasteiger partial charge in [0.25, 0.3) is 5.69 Å². The number of nitro groups is 1. The Morgan fingerprint density at radius 1 is 1.11 bits per heavy atom. The highest BCUT2D eigenvalue weighted by molar-refractivity contribution is 5.93. The fourth-order valence-electron chi connectivity index (χ4n) is 4.50. The molecule has 38 heavy (non-hydrogen) atoms. The second-order valence-electron chi connectivity index (χ2n) is 9.10. The van der Waals surface area contributed by atoms with Crippen LogP contribution in [0.4, 0.5) is 30.5 Å². The van der Waals surface area contributed by atoms with Gasteiger partial charge in [-0.3, -0.25) is 10.1 Å². The number of halogens is 3. The normalized spacial score (nSPS) is 14.7. The summed E-state index contributed by atoms with van der Waals surface area (Å²) >= 11 is 0. The van der Waals surface area contributed by atoms with E-state index < -0.39 is 28.4 Å². The Bertz CT molecular complexity index is 1530. The van der Waals surface area contributed by atoms with Gasteiger partial charge in [0.05, 0.1) is 27.5 Å². The molecule has 0 bridgehead atoms. The quantitative estimate of drug-likeness (QED) is 0.286. The smallest absolute Gasteiger partial charge is 0.363 e. The highest BCUT2D eigenvalue weighted by atomic mass is 19.4. The van der Waals surface area contributed by atoms with Gasteiger partial charge < -0.3 is 10.2 Å². The average molecular weight is 528 g/mol. The topological polar surface area (TPSA) is 141 Å². The number of aryl methyl sites for hydroxylation is 2. The van der Waals surface area contributed by atoms with Crippen LogP contribution in [0, 0.1) is 17.0 Å². The van der Waals surface area contributed by atoms with E-state index in [2.05, 4.69) is 35.7 Å². The van der Waals surface area contributed by atoms with Gasteiger partial charge in [0, 0.05) is 32.3 Å². The number of benzene rings is 1. The first-order chi connectivity index (χ1) is 18.0. The monoisotopic (exact) mass is 528 g/mol. The Kier molecular flexibility index (Phi) is 6.28. The number of tetrazole rings is 1. The van der Waals surface area contributed by atoms with Gasteiger partial charge in [-0.15, -0.1) is 5.10 Å². The fraction of sp³-hybridized carbons (Fsp3) is 0.391. The molecule has 0 aliphatic carbocycles. The number of nitrogens with one attached hydrogen (secondary N) is 1. The van der Waals surface area contributed by atoms with Gasteiger partial charge in [-0.1, -0.05) is 0 Å². The van der Waals surface area contributed by atoms with Crippen molar-refractivity contribution in [3.63, 3.8) is 0 Å². The number of nitro benzene ring substituents is 1. The molecule has 1 N–H and O–H groups in total. The molecule has 4 aromatic rings. The predicted molar refractivity (Wildman–Crippen MR) is 131 cm³/mol. The van der Waals surface area contributed by atoms with Gasteiger partial charge in [0.15, 0.2) is 11.5 Å². The summed E-state index contributed by atoms with van der Waals surface area (Å²) in [6.45, 7) is 4.92. The summed E-state index contributed by atoms with van der Waals surface area (Å²) in [5.74, 6) is 1.87. The summed E-state index contributed by atoms with van der Waals surface area (Å²) < 4.78 is 41.9. The van der Waals surface area contributed by atoms with E-state index in [0.29, 0.717) is 45.9 Å². The number of nitrogens with zero attached hydrogens (tertiary/aromatic N) is 9. The Morgan fingerprint density at radius 2 is 1.84 bits per heavy atom. The molecule has 1 saturated heterocycles. The van der Waals surface area contributed by atoms with E-state index in [9.17, 15) is 23.3 Å². The zero-order valence-electron chi connectivity index (χ0n) is 20.7. The summed E-state index contributed by atoms with van der Waals surface area (Å²) in [6.07, 6.45) is -2.70. The summed E-state index contributed by atoms with van der Waals surface area (Å²) in [5, 5.41) is 26.8. The zero-order chi connectivity index (χ0) is 27.2. The molecule has 0 amide bonds. The molecular formula is C23H23F3N10O2. The van der Waals surface area contributed by atoms with Crippen molar-refractivity contribution in [2.45, 2.75) is 38.9 Å². The lowest BCUT2D eigenvalue weighted by Crippen LogP contribution is -2.21. The third-order valence-corrected chi connectivity index (χ3v) is 6.38. The maximum Gasteiger partial charge on any atom is 0.416 e. The van der Waals surface area contributed by atoms with Gasteiger partial charge in [0.1, 0.15) is 17.5 Å². The van der Waals surface area contributed by atoms with Crippen LogP contribution in [0.25, 0.3) is 22.4 Å². The lowest BCUT2D eigenvalue weighted by atomic mass is 10.0. The van der Waals surface area contributed by atoms with Crippen LogP contribution >= 0.6 is 0 Å². The lowest BCUT2D eigenvalue weighted by molar-refractivity contribution is -0.385. The number of alkyl halides is 3. The van der Waals surface area contributed by atoms with Crippen molar-refractivity contribution in [1.29, 1.82) is 0 Å². The second kappa shape index (κ2) is 9.46. The van der Waals surface area contributed by atoms with Gasteiger partial charge in [-0.25, -0.2) is 19.6 Å². The number of hydrogen-bond donors (Lipinski definition) is 1. The molecule has 1 atom stereocenters. The number of non-ortho nitro benzene ring substituents is 1. The molecule has 0 unspecified atom stereocenters. The molecule has 4 heterocycles. The summed E-state index contributed by atoms with van der Waals surface area (Å²) in [4.78, 5) is 26.4. The molecule has 12 nitrogen and oxygen atoms in total. The first-order valence-corrected chi connectivity index (χ1v) is 11.8. The van der Waals surface area contributed by atoms with Crippen LogP contribution in [0.5, 0.6) is 0 Å². The third kappa shape index (κ3) is 4.78. The van der Waals surface area contributed by atoms with Crippen molar-refractivity contribution >= 4 is 28.4 Å². The summed E-state index contributed by atoms with van der Waals surface area (Å²) in [6, 6.07) is 3.56. The first kappa shape index (κ1) is 25.2. The number of rotatable bonds is 6. The fourth-order valence-corrected chi connectivity index (χ4v) is 4.50. The standard InChI is InChI=1S/C23H23F3N10O2/c1-12(14-8-15(23(24,25)26)10-16(9-14)36(37)38)27-19-17-11-18(22-31-32-33-34(22)3)21(35-6-4-5-7-35)30-20(17)29-13(2)28-19/h8-12H,4-7H2,1-3H3,(H,27,28,29,30)/t12-/m1/s1. The molecule has 0 spiro atoms. The number of hydrogen-bond acceptors (Lipinski definition) is 10. The molecular weight excluding hydrogens is 505 g/mol. The molecule has 15 heteroatoms. The van der Waals surface area contributed by atoms with E-state index in [0.717, 1.165) is 38.1 Å². The predicted octanol–water partition coefficient (Wildman–Crippen LogP) is 4.22. The number of fused-ring (bicyclic) bond motifs is 1. The third-order valence-electron chi connectivity index (χ3n) is 6.38. The van der Waals surface area contributed by atoms with Crippen LogP contribution in [-0.2, 0) is 13.2 Å². The SMILES string of the molecule is Cc1nc(N[C@H](C)c2cc([N+](=O)[O-])cc(C(F)(F)F)c2)c2cc(-c3nnnn3C)c(N3CCCC3)nc2n1. The maximum absolute atomic E-state index is 13.4. The molecule has 1 fully saturated rings. The molecule has 0 radical (unpaired) electrons. The van der Waals surface area contributed by atoms with E-state index in [4.69, 9.17) is 4.98 Å². The van der Waals surface area contributed by atoms with Crippen LogP contribution in [-0.4, -0.2) is 53.2 Å². The van der Waals surface area contributed by atoms with Gasteiger partial charge in [-0.2, -0.15) is 13.2 Å². The molecule has 3 aromatic heterocycles. The molecule has 1 aliphatic rings. The highest BCUT2D eigenvalue weighted by Gasteiger charge is 2.33. The first-order valence-electron chi connectivity index (χ1n) is 11.8. The minimum atomic E-state index is -4.74. The molecule has 1 aromatic carbocycles. The van der Waals surface area contributed by atoms with Crippen molar-refractivity contribution in [2.24, 2.45) is 7.05 Å². The minimum absolute atomic E-state index is 0.0790. The Balaban J connectivity index is 1.62. The van der Waals surface area contributed by atoms with Crippen LogP contribution < -0.4 is 10.2 Å². The minimum Gasteiger partial charge on any atom is -0.363 e. The van der Waals surface area contributed by atoms with Gasteiger partial charge in [0.2, 0.25) is 0 Å². The van der Waals surface area contributed by atoms with E-state index >= 15 is 0 Å². The van der Waals surface area contributed by atoms with E-state index in [-0.39, 0.29) is 5.56 Å². The van der Waals surface area contributed by atoms with Crippen molar-refractivity contribution in [3.05, 3.63) is 51.3 Å². The van der Waals surface area contributed by atoms with E-state index in [1.165, 1.54) is 4.68 Å². The maximum atomic E-state index is 13.4. The number of pyridine rings is 1. The van der Waals surface area contributed by atoms with Crippen LogP contribution in [0.2, 0.25) is 0 Å². The van der Waals surface area contributed by atoms with E-state index in [1.54, 1.807) is 20.9 Å². The summed E-state index contributed by atoms with van der Waals surface area (Å²) in [7, 11) is 1.71. The van der Waals surface area contributed by atoms with Crippen LogP contribution in [0.1, 0.15) is 42.8 Å². The number of aromatic nitrogens is 7. The summed E-state index contributed by atoms with van der Waals surface area (Å²) in [5.41, 5.74) is -0.627. The Hall–Kier alpha value is -4.43. The number of anilines is 2. The van der Waals surface area contributed by atoms with Crippen molar-refractivity contribution < 1.29 is 18.1 Å².